The van der Waals surface area contributed by atoms with E-state index in [1.54, 1.807) is 12.1 Å². The molecule has 0 aromatic heterocycles. The van der Waals surface area contributed by atoms with Gasteiger partial charge in [0.05, 0.1) is 5.88 Å². The molecule has 0 heterocycles. The maximum Gasteiger partial charge on any atom is 0.165 e. The van der Waals surface area contributed by atoms with Crippen LogP contribution in [0.3, 0.4) is 0 Å². The maximum atomic E-state index is 13.8. The number of hydrogen-bond donors (Lipinski definition) is 0. The van der Waals surface area contributed by atoms with Crippen LogP contribution in [0.1, 0.15) is 28.7 Å². The highest BCUT2D eigenvalue weighted by atomic mass is 35.5. The minimum absolute atomic E-state index is 0.247. The third kappa shape index (κ3) is 2.66. The zero-order chi connectivity index (χ0) is 13.9. The number of halogens is 2. The normalized spacial score (nSPS) is 13.3. The van der Waals surface area contributed by atoms with Gasteiger partial charge >= 0.3 is 0 Å². The summed E-state index contributed by atoms with van der Waals surface area (Å²) >= 11 is 5.82. The lowest BCUT2D eigenvalue weighted by atomic mass is 10.1. The average Bonchev–Trinajstić information content (AvgIpc) is 2.93. The Kier molecular flexibility index (Phi) is 3.93. The van der Waals surface area contributed by atoms with Gasteiger partial charge in [-0.25, -0.2) is 4.39 Å². The van der Waals surface area contributed by atoms with Crippen molar-refractivity contribution >= 4 is 11.6 Å². The van der Waals surface area contributed by atoms with Crippen molar-refractivity contribution in [3.05, 3.63) is 64.5 Å². The smallest absolute Gasteiger partial charge is 0.165 e. The van der Waals surface area contributed by atoms with Crippen LogP contribution < -0.4 is 4.74 Å². The zero-order valence-corrected chi connectivity index (χ0v) is 11.9. The Hall–Kier alpha value is -1.54. The van der Waals surface area contributed by atoms with Crippen molar-refractivity contribution in [2.75, 3.05) is 0 Å². The summed E-state index contributed by atoms with van der Waals surface area (Å²) in [6.45, 7) is 0.373. The van der Waals surface area contributed by atoms with Crippen LogP contribution in [-0.4, -0.2) is 0 Å². The molecular weight excluding hydrogens is 275 g/mol. The lowest BCUT2D eigenvalue weighted by Crippen LogP contribution is -2.01. The Morgan fingerprint density at radius 3 is 2.80 bits per heavy atom. The molecule has 3 rings (SSSR count). The Balaban J connectivity index is 1.77. The van der Waals surface area contributed by atoms with Gasteiger partial charge in [-0.05, 0) is 42.0 Å². The lowest BCUT2D eigenvalue weighted by Gasteiger charge is -2.11. The molecule has 0 spiro atoms. The number of benzene rings is 2. The van der Waals surface area contributed by atoms with Gasteiger partial charge in [0.2, 0.25) is 0 Å². The molecule has 0 bridgehead atoms. The van der Waals surface area contributed by atoms with Gasteiger partial charge in [0, 0.05) is 5.56 Å². The summed E-state index contributed by atoms with van der Waals surface area (Å²) in [5.41, 5.74) is 4.60. The number of rotatable bonds is 4. The van der Waals surface area contributed by atoms with Gasteiger partial charge in [0.15, 0.2) is 11.6 Å². The van der Waals surface area contributed by atoms with Crippen molar-refractivity contribution in [3.63, 3.8) is 0 Å². The second kappa shape index (κ2) is 5.84. The molecule has 0 saturated carbocycles. The maximum absolute atomic E-state index is 13.8. The van der Waals surface area contributed by atoms with Crippen molar-refractivity contribution < 1.29 is 9.13 Å². The molecular formula is C17H16ClFO. The minimum Gasteiger partial charge on any atom is -0.485 e. The SMILES string of the molecule is Fc1cccc(CCl)c1OCc1ccc2c(c1)CCC2. The monoisotopic (exact) mass is 290 g/mol. The first-order valence-corrected chi connectivity index (χ1v) is 7.38. The highest BCUT2D eigenvalue weighted by molar-refractivity contribution is 6.17. The summed E-state index contributed by atoms with van der Waals surface area (Å²) in [5, 5.41) is 0. The zero-order valence-electron chi connectivity index (χ0n) is 11.2. The third-order valence-corrected chi connectivity index (χ3v) is 4.03. The predicted octanol–water partition coefficient (Wildman–Crippen LogP) is 4.63. The molecule has 2 aromatic rings. The van der Waals surface area contributed by atoms with Crippen LogP contribution >= 0.6 is 11.6 Å². The van der Waals surface area contributed by atoms with Crippen molar-refractivity contribution in [2.45, 2.75) is 31.7 Å². The van der Waals surface area contributed by atoms with Crippen molar-refractivity contribution in [1.29, 1.82) is 0 Å². The summed E-state index contributed by atoms with van der Waals surface area (Å²) in [5.74, 6) is 0.157. The van der Waals surface area contributed by atoms with Crippen LogP contribution in [0, 0.1) is 5.82 Å². The van der Waals surface area contributed by atoms with E-state index in [0.29, 0.717) is 12.2 Å². The summed E-state index contributed by atoms with van der Waals surface area (Å²) in [7, 11) is 0. The fourth-order valence-corrected chi connectivity index (χ4v) is 2.90. The van der Waals surface area contributed by atoms with Gasteiger partial charge in [0.1, 0.15) is 6.61 Å². The molecule has 1 aliphatic rings. The van der Waals surface area contributed by atoms with E-state index in [1.165, 1.54) is 30.0 Å². The fourth-order valence-electron chi connectivity index (χ4n) is 2.69. The van der Waals surface area contributed by atoms with Crippen molar-refractivity contribution in [2.24, 2.45) is 0 Å². The van der Waals surface area contributed by atoms with E-state index < -0.39 is 0 Å². The molecule has 0 atom stereocenters. The summed E-state index contributed by atoms with van der Waals surface area (Å²) in [6.07, 6.45) is 3.53. The van der Waals surface area contributed by atoms with Gasteiger partial charge in [-0.3, -0.25) is 0 Å². The second-order valence-electron chi connectivity index (χ2n) is 5.11. The molecule has 1 nitrogen and oxygen atoms in total. The van der Waals surface area contributed by atoms with E-state index in [0.717, 1.165) is 12.0 Å². The molecule has 0 N–H and O–H groups in total. The van der Waals surface area contributed by atoms with Crippen LogP contribution in [-0.2, 0) is 25.3 Å². The van der Waals surface area contributed by atoms with E-state index >= 15 is 0 Å². The van der Waals surface area contributed by atoms with Crippen molar-refractivity contribution in [1.82, 2.24) is 0 Å². The molecule has 0 radical (unpaired) electrons. The number of para-hydroxylation sites is 1. The summed E-state index contributed by atoms with van der Waals surface area (Å²) in [4.78, 5) is 0. The third-order valence-electron chi connectivity index (χ3n) is 3.74. The van der Waals surface area contributed by atoms with Gasteiger partial charge in [-0.2, -0.15) is 0 Å². The fraction of sp³-hybridized carbons (Fsp3) is 0.294. The van der Waals surface area contributed by atoms with E-state index in [4.69, 9.17) is 16.3 Å². The van der Waals surface area contributed by atoms with Crippen LogP contribution in [0.25, 0.3) is 0 Å². The van der Waals surface area contributed by atoms with Crippen LogP contribution in [0.4, 0.5) is 4.39 Å². The molecule has 20 heavy (non-hydrogen) atoms. The summed E-state index contributed by atoms with van der Waals surface area (Å²) < 4.78 is 19.4. The highest BCUT2D eigenvalue weighted by Gasteiger charge is 2.12. The molecule has 2 aromatic carbocycles. The molecule has 0 unspecified atom stereocenters. The van der Waals surface area contributed by atoms with Crippen LogP contribution in [0.15, 0.2) is 36.4 Å². The molecule has 0 amide bonds. The van der Waals surface area contributed by atoms with E-state index in [-0.39, 0.29) is 17.4 Å². The van der Waals surface area contributed by atoms with Crippen molar-refractivity contribution in [3.8, 4) is 5.75 Å². The minimum atomic E-state index is -0.357. The second-order valence-corrected chi connectivity index (χ2v) is 5.37. The number of ether oxygens (including phenoxy) is 1. The molecule has 104 valence electrons. The first-order chi connectivity index (χ1) is 9.78. The number of hydrogen-bond acceptors (Lipinski definition) is 1. The Morgan fingerprint density at radius 1 is 1.10 bits per heavy atom. The quantitative estimate of drug-likeness (QED) is 0.746. The van der Waals surface area contributed by atoms with Crippen LogP contribution in [0.5, 0.6) is 5.75 Å². The van der Waals surface area contributed by atoms with Crippen LogP contribution in [0.2, 0.25) is 0 Å². The molecule has 0 fully saturated rings. The number of alkyl halides is 1. The number of fused-ring (bicyclic) bond motifs is 1. The molecule has 1 aliphatic carbocycles. The lowest BCUT2D eigenvalue weighted by molar-refractivity contribution is 0.287. The van der Waals surface area contributed by atoms with E-state index in [9.17, 15) is 4.39 Å². The van der Waals surface area contributed by atoms with Gasteiger partial charge in [-0.15, -0.1) is 11.6 Å². The van der Waals surface area contributed by atoms with Gasteiger partial charge in [-0.1, -0.05) is 30.3 Å². The van der Waals surface area contributed by atoms with E-state index in [2.05, 4.69) is 18.2 Å². The summed E-state index contributed by atoms with van der Waals surface area (Å²) in [6, 6.07) is 11.2. The van der Waals surface area contributed by atoms with Gasteiger partial charge in [0.25, 0.3) is 0 Å². The Bertz CT molecular complexity index is 624. The first kappa shape index (κ1) is 13.4. The molecule has 3 heteroatoms. The topological polar surface area (TPSA) is 9.23 Å². The standard InChI is InChI=1S/C17H16ClFO/c18-10-15-5-2-6-16(19)17(15)20-11-12-7-8-13-3-1-4-14(13)9-12/h2,5-9H,1,3-4,10-11H2. The Morgan fingerprint density at radius 2 is 1.95 bits per heavy atom. The Labute approximate surface area is 123 Å². The largest absolute Gasteiger partial charge is 0.485 e. The average molecular weight is 291 g/mol. The highest BCUT2D eigenvalue weighted by Crippen LogP contribution is 2.27. The molecule has 0 saturated heterocycles. The predicted molar refractivity (Wildman–Crippen MR) is 78.8 cm³/mol. The van der Waals surface area contributed by atoms with Gasteiger partial charge < -0.3 is 4.74 Å². The molecule has 0 aliphatic heterocycles. The van der Waals surface area contributed by atoms with E-state index in [1.807, 2.05) is 0 Å². The number of aryl methyl sites for hydroxylation is 2. The first-order valence-electron chi connectivity index (χ1n) is 6.85.